The van der Waals surface area contributed by atoms with E-state index in [1.165, 1.54) is 0 Å². The van der Waals surface area contributed by atoms with Crippen LogP contribution in [0.2, 0.25) is 0 Å². The van der Waals surface area contributed by atoms with Gasteiger partial charge >= 0.3 is 0 Å². The molecule has 2 aromatic heterocycles. The molecule has 0 bridgehead atoms. The number of nitrogen functional groups attached to an aromatic ring is 1. The van der Waals surface area contributed by atoms with Crippen molar-refractivity contribution in [3.8, 4) is 0 Å². The zero-order valence-electron chi connectivity index (χ0n) is 11.7. The summed E-state index contributed by atoms with van der Waals surface area (Å²) in [5.74, 6) is 0.0200. The number of likely N-dealkylation sites (N-methyl/N-ethyl adjacent to an activating group) is 1. The molecule has 0 aliphatic heterocycles. The highest BCUT2D eigenvalue weighted by atomic mass is 16.2. The average molecular weight is 270 g/mol. The topological polar surface area (TPSA) is 72.1 Å². The molecular weight excluding hydrogens is 252 g/mol. The first kappa shape index (κ1) is 14.0. The highest BCUT2D eigenvalue weighted by Gasteiger charge is 2.17. The average Bonchev–Trinajstić information content (AvgIpc) is 2.49. The molecule has 0 aliphatic carbocycles. The number of amides is 1. The molecule has 0 aliphatic rings. The molecule has 0 fully saturated rings. The number of aromatic nitrogens is 2. The number of nitrogens with zero attached hydrogens (tertiary/aromatic N) is 3. The number of pyridine rings is 2. The fourth-order valence-corrected chi connectivity index (χ4v) is 1.90. The van der Waals surface area contributed by atoms with Gasteiger partial charge < -0.3 is 10.6 Å². The minimum atomic E-state index is -0.000665. The summed E-state index contributed by atoms with van der Waals surface area (Å²) in [7, 11) is 1.80. The van der Waals surface area contributed by atoms with Gasteiger partial charge in [0.25, 0.3) is 0 Å². The molecule has 5 heteroatoms. The highest BCUT2D eigenvalue weighted by Crippen LogP contribution is 2.18. The van der Waals surface area contributed by atoms with Crippen LogP contribution in [-0.2, 0) is 11.2 Å². The summed E-state index contributed by atoms with van der Waals surface area (Å²) in [5.41, 5.74) is 7.95. The van der Waals surface area contributed by atoms with Crippen LogP contribution in [0.5, 0.6) is 0 Å². The van der Waals surface area contributed by atoms with Crippen LogP contribution in [0.25, 0.3) is 0 Å². The molecule has 0 spiro atoms. The fraction of sp³-hybridized carbons (Fsp3) is 0.267. The Bertz CT molecular complexity index is 568. The second-order valence-corrected chi connectivity index (χ2v) is 4.72. The maximum Gasteiger partial charge on any atom is 0.228 e. The van der Waals surface area contributed by atoms with E-state index in [-0.39, 0.29) is 18.4 Å². The van der Waals surface area contributed by atoms with Crippen molar-refractivity contribution >= 4 is 11.6 Å². The third-order valence-electron chi connectivity index (χ3n) is 3.34. The van der Waals surface area contributed by atoms with Crippen molar-refractivity contribution in [2.75, 3.05) is 12.8 Å². The number of carbonyl (C=O) groups is 1. The molecule has 1 unspecified atom stereocenters. The quantitative estimate of drug-likeness (QED) is 0.919. The van der Waals surface area contributed by atoms with E-state index in [0.717, 1.165) is 11.3 Å². The van der Waals surface area contributed by atoms with Crippen molar-refractivity contribution in [2.24, 2.45) is 0 Å². The summed E-state index contributed by atoms with van der Waals surface area (Å²) in [6.07, 6.45) is 5.29. The van der Waals surface area contributed by atoms with Crippen LogP contribution in [0.1, 0.15) is 24.2 Å². The Kier molecular flexibility index (Phi) is 4.30. The van der Waals surface area contributed by atoms with Crippen LogP contribution in [-0.4, -0.2) is 27.8 Å². The lowest BCUT2D eigenvalue weighted by molar-refractivity contribution is -0.131. The number of rotatable bonds is 4. The van der Waals surface area contributed by atoms with Gasteiger partial charge in [0.1, 0.15) is 0 Å². The molecule has 5 nitrogen and oxygen atoms in total. The van der Waals surface area contributed by atoms with Crippen molar-refractivity contribution < 1.29 is 4.79 Å². The van der Waals surface area contributed by atoms with E-state index in [4.69, 9.17) is 5.73 Å². The largest absolute Gasteiger partial charge is 0.397 e. The van der Waals surface area contributed by atoms with E-state index < -0.39 is 0 Å². The lowest BCUT2D eigenvalue weighted by Gasteiger charge is -2.25. The van der Waals surface area contributed by atoms with E-state index in [1.54, 1.807) is 42.7 Å². The number of anilines is 1. The molecule has 0 saturated carbocycles. The molecule has 1 amide bonds. The summed E-state index contributed by atoms with van der Waals surface area (Å²) in [5, 5.41) is 0. The highest BCUT2D eigenvalue weighted by molar-refractivity contribution is 5.78. The Morgan fingerprint density at radius 1 is 1.30 bits per heavy atom. The van der Waals surface area contributed by atoms with Crippen molar-refractivity contribution in [3.63, 3.8) is 0 Å². The summed E-state index contributed by atoms with van der Waals surface area (Å²) in [4.78, 5) is 22.1. The second kappa shape index (κ2) is 6.14. The Balaban J connectivity index is 2.03. The molecule has 2 rings (SSSR count). The van der Waals surface area contributed by atoms with Crippen LogP contribution < -0.4 is 5.73 Å². The zero-order valence-corrected chi connectivity index (χ0v) is 11.7. The second-order valence-electron chi connectivity index (χ2n) is 4.72. The lowest BCUT2D eigenvalue weighted by atomic mass is 10.1. The molecular formula is C15H18N4O. The first-order chi connectivity index (χ1) is 9.58. The van der Waals surface area contributed by atoms with Gasteiger partial charge in [-0.15, -0.1) is 0 Å². The Labute approximate surface area is 118 Å². The minimum absolute atomic E-state index is 0.000665. The van der Waals surface area contributed by atoms with Crippen LogP contribution in [0.15, 0.2) is 42.9 Å². The van der Waals surface area contributed by atoms with E-state index in [2.05, 4.69) is 9.97 Å². The molecule has 2 heterocycles. The Morgan fingerprint density at radius 2 is 2.00 bits per heavy atom. The van der Waals surface area contributed by atoms with Gasteiger partial charge in [-0.1, -0.05) is 0 Å². The van der Waals surface area contributed by atoms with E-state index in [0.29, 0.717) is 5.69 Å². The predicted octanol–water partition coefficient (Wildman–Crippen LogP) is 1.82. The number of hydrogen-bond acceptors (Lipinski definition) is 4. The van der Waals surface area contributed by atoms with Crippen molar-refractivity contribution in [3.05, 3.63) is 54.1 Å². The van der Waals surface area contributed by atoms with Crippen molar-refractivity contribution in [1.29, 1.82) is 0 Å². The third kappa shape index (κ3) is 3.32. The van der Waals surface area contributed by atoms with Crippen LogP contribution in [0.3, 0.4) is 0 Å². The Hall–Kier alpha value is -2.43. The zero-order chi connectivity index (χ0) is 14.5. The van der Waals surface area contributed by atoms with Gasteiger partial charge in [0, 0.05) is 25.1 Å². The first-order valence-electron chi connectivity index (χ1n) is 6.44. The molecule has 0 saturated heterocycles. The molecule has 20 heavy (non-hydrogen) atoms. The molecule has 104 valence electrons. The maximum atomic E-state index is 12.3. The number of carbonyl (C=O) groups excluding carboxylic acids is 1. The molecule has 2 aromatic rings. The smallest absolute Gasteiger partial charge is 0.228 e. The summed E-state index contributed by atoms with van der Waals surface area (Å²) in [6.45, 7) is 1.99. The third-order valence-corrected chi connectivity index (χ3v) is 3.34. The van der Waals surface area contributed by atoms with Gasteiger partial charge in [-0.2, -0.15) is 0 Å². The van der Waals surface area contributed by atoms with Gasteiger partial charge in [-0.25, -0.2) is 0 Å². The molecule has 0 aromatic carbocycles. The standard InChI is InChI=1S/C15H18N4O/c1-11(12-5-7-17-8-6-12)19(2)15(20)9-14-4-3-13(16)10-18-14/h3-8,10-11H,9,16H2,1-2H3. The summed E-state index contributed by atoms with van der Waals surface area (Å²) >= 11 is 0. The van der Waals surface area contributed by atoms with Crippen LogP contribution >= 0.6 is 0 Å². The molecule has 0 radical (unpaired) electrons. The molecule has 1 atom stereocenters. The van der Waals surface area contributed by atoms with Crippen LogP contribution in [0, 0.1) is 0 Å². The normalized spacial score (nSPS) is 11.9. The lowest BCUT2D eigenvalue weighted by Crippen LogP contribution is -2.31. The number of hydrogen-bond donors (Lipinski definition) is 1. The first-order valence-corrected chi connectivity index (χ1v) is 6.44. The monoisotopic (exact) mass is 270 g/mol. The number of nitrogens with two attached hydrogens (primary N) is 1. The Morgan fingerprint density at radius 3 is 2.60 bits per heavy atom. The van der Waals surface area contributed by atoms with Gasteiger partial charge in [0.2, 0.25) is 5.91 Å². The molecule has 2 N–H and O–H groups in total. The summed E-state index contributed by atoms with van der Waals surface area (Å²) in [6, 6.07) is 7.35. The van der Waals surface area contributed by atoms with Gasteiger partial charge in [0.15, 0.2) is 0 Å². The predicted molar refractivity (Wildman–Crippen MR) is 77.8 cm³/mol. The summed E-state index contributed by atoms with van der Waals surface area (Å²) < 4.78 is 0. The van der Waals surface area contributed by atoms with Crippen LogP contribution in [0.4, 0.5) is 5.69 Å². The van der Waals surface area contributed by atoms with E-state index in [1.807, 2.05) is 19.1 Å². The van der Waals surface area contributed by atoms with Crippen molar-refractivity contribution in [2.45, 2.75) is 19.4 Å². The van der Waals surface area contributed by atoms with E-state index in [9.17, 15) is 4.79 Å². The van der Waals surface area contributed by atoms with Crippen molar-refractivity contribution in [1.82, 2.24) is 14.9 Å². The SMILES string of the molecule is CC(c1ccncc1)N(C)C(=O)Cc1ccc(N)cn1. The van der Waals surface area contributed by atoms with Gasteiger partial charge in [-0.3, -0.25) is 14.8 Å². The van der Waals surface area contributed by atoms with E-state index >= 15 is 0 Å². The minimum Gasteiger partial charge on any atom is -0.397 e. The fourth-order valence-electron chi connectivity index (χ4n) is 1.90. The maximum absolute atomic E-state index is 12.3. The van der Waals surface area contributed by atoms with Gasteiger partial charge in [-0.05, 0) is 36.8 Å². The van der Waals surface area contributed by atoms with Gasteiger partial charge in [0.05, 0.1) is 24.3 Å².